The Kier molecular flexibility index (Phi) is 4.63. The molecule has 1 heterocycles. The van der Waals surface area contributed by atoms with Gasteiger partial charge in [-0.15, -0.1) is 0 Å². The summed E-state index contributed by atoms with van der Waals surface area (Å²) in [5, 5.41) is 9.52. The molecule has 100 valence electrons. The van der Waals surface area contributed by atoms with Crippen molar-refractivity contribution < 1.29 is 9.32 Å². The molecule has 0 fully saturated rings. The van der Waals surface area contributed by atoms with Gasteiger partial charge >= 0.3 is 0 Å². The summed E-state index contributed by atoms with van der Waals surface area (Å²) in [6.45, 7) is 2.89. The quantitative estimate of drug-likeness (QED) is 0.761. The monoisotopic (exact) mass is 260 g/mol. The first-order chi connectivity index (χ1) is 9.24. The number of benzene rings is 1. The fourth-order valence-electron chi connectivity index (χ4n) is 1.55. The Bertz CT molecular complexity index is 508. The van der Waals surface area contributed by atoms with Gasteiger partial charge in [-0.05, 0) is 19.1 Å². The fraction of sp³-hybridized carbons (Fsp3) is 0.308. The van der Waals surface area contributed by atoms with Crippen LogP contribution in [0.3, 0.4) is 0 Å². The smallest absolute Gasteiger partial charge is 0.238 e. The summed E-state index contributed by atoms with van der Waals surface area (Å²) in [6, 6.07) is 7.68. The number of aromatic nitrogens is 2. The molecule has 0 spiro atoms. The molecule has 2 aromatic rings. The van der Waals surface area contributed by atoms with Crippen molar-refractivity contribution in [2.45, 2.75) is 13.3 Å². The van der Waals surface area contributed by atoms with Gasteiger partial charge in [-0.3, -0.25) is 4.79 Å². The molecule has 6 nitrogen and oxygen atoms in total. The maximum absolute atomic E-state index is 11.6. The van der Waals surface area contributed by atoms with Crippen molar-refractivity contribution in [2.24, 2.45) is 0 Å². The van der Waals surface area contributed by atoms with E-state index in [0.29, 0.717) is 18.8 Å². The molecule has 0 aliphatic heterocycles. The van der Waals surface area contributed by atoms with Crippen LogP contribution in [0.4, 0.5) is 5.69 Å². The number of nitrogens with one attached hydrogen (secondary N) is 2. The largest absolute Gasteiger partial charge is 0.343 e. The molecule has 0 radical (unpaired) electrons. The number of aryl methyl sites for hydroxylation is 1. The summed E-state index contributed by atoms with van der Waals surface area (Å²) in [4.78, 5) is 15.5. The molecule has 1 aromatic carbocycles. The van der Waals surface area contributed by atoms with Crippen LogP contribution in [0, 0.1) is 6.92 Å². The number of carbonyl (C=O) groups is 1. The van der Waals surface area contributed by atoms with Gasteiger partial charge in [-0.1, -0.05) is 22.9 Å². The lowest BCUT2D eigenvalue weighted by atomic mass is 10.2. The molecule has 0 aliphatic rings. The van der Waals surface area contributed by atoms with Crippen LogP contribution in [0.5, 0.6) is 0 Å². The van der Waals surface area contributed by atoms with E-state index < -0.39 is 0 Å². The zero-order valence-corrected chi connectivity index (χ0v) is 10.7. The molecule has 1 amide bonds. The highest BCUT2D eigenvalue weighted by Gasteiger charge is 2.02. The zero-order chi connectivity index (χ0) is 13.5. The molecule has 0 aliphatic carbocycles. The molecule has 0 saturated carbocycles. The maximum Gasteiger partial charge on any atom is 0.238 e. The second-order valence-electron chi connectivity index (χ2n) is 4.19. The van der Waals surface area contributed by atoms with Crippen molar-refractivity contribution in [1.82, 2.24) is 15.5 Å². The molecule has 6 heteroatoms. The standard InChI is InChI=1S/C13H16N4O2/c1-10-2-4-11(5-3-10)16-13(18)8-14-7-6-12-15-9-19-17-12/h2-5,9,14H,6-8H2,1H3,(H,16,18). The summed E-state index contributed by atoms with van der Waals surface area (Å²) in [5.41, 5.74) is 1.96. The van der Waals surface area contributed by atoms with Gasteiger partial charge in [0.05, 0.1) is 6.54 Å². The first kappa shape index (κ1) is 13.2. The molecule has 0 saturated heterocycles. The van der Waals surface area contributed by atoms with Gasteiger partial charge in [0.25, 0.3) is 0 Å². The van der Waals surface area contributed by atoms with Crippen LogP contribution in [0.15, 0.2) is 35.2 Å². The van der Waals surface area contributed by atoms with E-state index in [2.05, 4.69) is 25.3 Å². The maximum atomic E-state index is 11.6. The van der Waals surface area contributed by atoms with Crippen molar-refractivity contribution in [1.29, 1.82) is 0 Å². The van der Waals surface area contributed by atoms with Crippen molar-refractivity contribution in [3.63, 3.8) is 0 Å². The van der Waals surface area contributed by atoms with Crippen LogP contribution < -0.4 is 10.6 Å². The van der Waals surface area contributed by atoms with Crippen LogP contribution in [-0.4, -0.2) is 29.1 Å². The molecular weight excluding hydrogens is 244 g/mol. The number of nitrogens with zero attached hydrogens (tertiary/aromatic N) is 2. The topological polar surface area (TPSA) is 80.0 Å². The summed E-state index contributed by atoms with van der Waals surface area (Å²) in [6.07, 6.45) is 1.92. The summed E-state index contributed by atoms with van der Waals surface area (Å²) in [7, 11) is 0. The van der Waals surface area contributed by atoms with E-state index in [1.165, 1.54) is 6.39 Å². The van der Waals surface area contributed by atoms with Gasteiger partial charge in [0.2, 0.25) is 12.3 Å². The van der Waals surface area contributed by atoms with E-state index in [4.69, 9.17) is 0 Å². The molecule has 2 rings (SSSR count). The van der Waals surface area contributed by atoms with E-state index in [0.717, 1.165) is 11.3 Å². The number of rotatable bonds is 6. The van der Waals surface area contributed by atoms with Gasteiger partial charge in [0.15, 0.2) is 5.82 Å². The average Bonchev–Trinajstić information content (AvgIpc) is 2.91. The van der Waals surface area contributed by atoms with Crippen LogP contribution in [0.2, 0.25) is 0 Å². The summed E-state index contributed by atoms with van der Waals surface area (Å²) in [5.74, 6) is 0.559. The average molecular weight is 260 g/mol. The van der Waals surface area contributed by atoms with Crippen molar-refractivity contribution in [2.75, 3.05) is 18.4 Å². The lowest BCUT2D eigenvalue weighted by Crippen LogP contribution is -2.29. The number of carbonyl (C=O) groups excluding carboxylic acids is 1. The first-order valence-electron chi connectivity index (χ1n) is 6.06. The van der Waals surface area contributed by atoms with Crippen LogP contribution in [-0.2, 0) is 11.2 Å². The first-order valence-corrected chi connectivity index (χ1v) is 6.06. The van der Waals surface area contributed by atoms with Crippen molar-refractivity contribution in [3.8, 4) is 0 Å². The molecule has 0 unspecified atom stereocenters. The van der Waals surface area contributed by atoms with E-state index in [1.807, 2.05) is 31.2 Å². The summed E-state index contributed by atoms with van der Waals surface area (Å²) < 4.78 is 4.61. The van der Waals surface area contributed by atoms with Crippen molar-refractivity contribution in [3.05, 3.63) is 42.0 Å². The third-order valence-corrected chi connectivity index (χ3v) is 2.55. The minimum Gasteiger partial charge on any atom is -0.343 e. The van der Waals surface area contributed by atoms with E-state index in [-0.39, 0.29) is 12.5 Å². The molecule has 2 N–H and O–H groups in total. The number of amides is 1. The Morgan fingerprint density at radius 1 is 1.32 bits per heavy atom. The van der Waals surface area contributed by atoms with Gasteiger partial charge < -0.3 is 15.2 Å². The number of hydrogen-bond acceptors (Lipinski definition) is 5. The van der Waals surface area contributed by atoms with Crippen LogP contribution in [0.25, 0.3) is 0 Å². The molecule has 0 bridgehead atoms. The van der Waals surface area contributed by atoms with Crippen LogP contribution >= 0.6 is 0 Å². The van der Waals surface area contributed by atoms with Gasteiger partial charge in [0.1, 0.15) is 0 Å². The van der Waals surface area contributed by atoms with Gasteiger partial charge in [-0.2, -0.15) is 4.98 Å². The predicted molar refractivity (Wildman–Crippen MR) is 70.7 cm³/mol. The van der Waals surface area contributed by atoms with E-state index in [9.17, 15) is 4.79 Å². The highest BCUT2D eigenvalue weighted by atomic mass is 16.5. The second kappa shape index (κ2) is 6.65. The summed E-state index contributed by atoms with van der Waals surface area (Å²) >= 11 is 0. The Balaban J connectivity index is 1.65. The van der Waals surface area contributed by atoms with Gasteiger partial charge in [0, 0.05) is 18.7 Å². The lowest BCUT2D eigenvalue weighted by molar-refractivity contribution is -0.115. The normalized spacial score (nSPS) is 10.4. The Labute approximate surface area is 111 Å². The van der Waals surface area contributed by atoms with E-state index in [1.54, 1.807) is 0 Å². The third kappa shape index (κ3) is 4.51. The molecule has 0 atom stereocenters. The molecule has 1 aromatic heterocycles. The highest BCUT2D eigenvalue weighted by Crippen LogP contribution is 2.07. The number of hydrogen-bond donors (Lipinski definition) is 2. The lowest BCUT2D eigenvalue weighted by Gasteiger charge is -2.06. The third-order valence-electron chi connectivity index (χ3n) is 2.55. The Hall–Kier alpha value is -2.21. The van der Waals surface area contributed by atoms with Gasteiger partial charge in [-0.25, -0.2) is 0 Å². The molecular formula is C13H16N4O2. The minimum absolute atomic E-state index is 0.0723. The number of anilines is 1. The highest BCUT2D eigenvalue weighted by molar-refractivity contribution is 5.92. The molecule has 19 heavy (non-hydrogen) atoms. The Morgan fingerprint density at radius 2 is 2.11 bits per heavy atom. The van der Waals surface area contributed by atoms with E-state index >= 15 is 0 Å². The predicted octanol–water partition coefficient (Wildman–Crippen LogP) is 1.15. The van der Waals surface area contributed by atoms with Crippen molar-refractivity contribution >= 4 is 11.6 Å². The van der Waals surface area contributed by atoms with Crippen LogP contribution in [0.1, 0.15) is 11.4 Å². The second-order valence-corrected chi connectivity index (χ2v) is 4.19. The SMILES string of the molecule is Cc1ccc(NC(=O)CNCCc2ncon2)cc1. The minimum atomic E-state index is -0.0723. The zero-order valence-electron chi connectivity index (χ0n) is 10.7. The fourth-order valence-corrected chi connectivity index (χ4v) is 1.55. The Morgan fingerprint density at radius 3 is 2.79 bits per heavy atom.